The van der Waals surface area contributed by atoms with Crippen LogP contribution in [0.15, 0.2) is 42.5 Å². The van der Waals surface area contributed by atoms with E-state index in [9.17, 15) is 19.4 Å². The van der Waals surface area contributed by atoms with E-state index in [1.54, 1.807) is 37.2 Å². The Balaban J connectivity index is 2.15. The van der Waals surface area contributed by atoms with Crippen molar-refractivity contribution in [2.45, 2.75) is 12.6 Å². The van der Waals surface area contributed by atoms with E-state index in [0.717, 1.165) is 0 Å². The maximum absolute atomic E-state index is 14.0. The van der Waals surface area contributed by atoms with Gasteiger partial charge in [0.15, 0.2) is 0 Å². The number of carbonyl (C=O) groups is 1. The highest BCUT2D eigenvalue weighted by atomic mass is 19.1. The van der Waals surface area contributed by atoms with Gasteiger partial charge in [-0.2, -0.15) is 0 Å². The number of nitrogens with one attached hydrogen (secondary N) is 1. The van der Waals surface area contributed by atoms with E-state index in [1.807, 2.05) is 0 Å². The lowest BCUT2D eigenvalue weighted by Gasteiger charge is -2.24. The highest BCUT2D eigenvalue weighted by Crippen LogP contribution is 2.24. The molecule has 0 unspecified atom stereocenters. The van der Waals surface area contributed by atoms with Crippen molar-refractivity contribution in [3.63, 3.8) is 0 Å². The van der Waals surface area contributed by atoms with Crippen LogP contribution in [0.5, 0.6) is 11.5 Å². The van der Waals surface area contributed by atoms with Crippen molar-refractivity contribution in [1.29, 1.82) is 0 Å². The van der Waals surface area contributed by atoms with Crippen molar-refractivity contribution in [3.8, 4) is 11.5 Å². The topological polar surface area (TPSA) is 72.8 Å². The van der Waals surface area contributed by atoms with Crippen LogP contribution in [-0.4, -0.2) is 35.1 Å². The van der Waals surface area contributed by atoms with Gasteiger partial charge in [0.05, 0.1) is 0 Å². The first kappa shape index (κ1) is 16.8. The zero-order valence-corrected chi connectivity index (χ0v) is 13.0. The lowest BCUT2D eigenvalue weighted by molar-refractivity contribution is -0.126. The van der Waals surface area contributed by atoms with Gasteiger partial charge in [-0.25, -0.2) is 4.39 Å². The van der Waals surface area contributed by atoms with E-state index < -0.39 is 11.9 Å². The number of carbonyl (C=O) groups excluding carboxylic acids is 1. The highest BCUT2D eigenvalue weighted by Gasteiger charge is 2.25. The minimum absolute atomic E-state index is 0.0601. The van der Waals surface area contributed by atoms with Gasteiger partial charge in [-0.1, -0.05) is 18.2 Å². The number of benzene rings is 2. The molecule has 1 amide bonds. The maximum atomic E-state index is 14.0. The SMILES string of the molecule is CN(C)[C@H](C(=O)NCc1ccc(O)cc1O)c1ccccc1F. The summed E-state index contributed by atoms with van der Waals surface area (Å²) in [6.45, 7) is 0.0732. The molecule has 2 aromatic rings. The fraction of sp³-hybridized carbons (Fsp3) is 0.235. The van der Waals surface area contributed by atoms with Crippen molar-refractivity contribution in [1.82, 2.24) is 10.2 Å². The second-order valence-electron chi connectivity index (χ2n) is 5.42. The Bertz CT molecular complexity index is 704. The van der Waals surface area contributed by atoms with Crippen molar-refractivity contribution < 1.29 is 19.4 Å². The van der Waals surface area contributed by atoms with Gasteiger partial charge < -0.3 is 15.5 Å². The van der Waals surface area contributed by atoms with Crippen LogP contribution in [0.2, 0.25) is 0 Å². The molecule has 3 N–H and O–H groups in total. The third-order valence-corrected chi connectivity index (χ3v) is 3.49. The zero-order chi connectivity index (χ0) is 17.0. The molecular formula is C17H19FN2O3. The zero-order valence-electron chi connectivity index (χ0n) is 13.0. The summed E-state index contributed by atoms with van der Waals surface area (Å²) in [4.78, 5) is 14.1. The van der Waals surface area contributed by atoms with E-state index in [2.05, 4.69) is 5.32 Å². The molecule has 6 heteroatoms. The first-order chi connectivity index (χ1) is 10.9. The van der Waals surface area contributed by atoms with Gasteiger partial charge >= 0.3 is 0 Å². The molecule has 2 rings (SSSR count). The van der Waals surface area contributed by atoms with Crippen LogP contribution >= 0.6 is 0 Å². The van der Waals surface area contributed by atoms with Crippen LogP contribution in [0.4, 0.5) is 4.39 Å². The lowest BCUT2D eigenvalue weighted by atomic mass is 10.0. The number of phenolic OH excluding ortho intramolecular Hbond substituents is 2. The molecule has 0 bridgehead atoms. The third-order valence-electron chi connectivity index (χ3n) is 3.49. The maximum Gasteiger partial charge on any atom is 0.242 e. The van der Waals surface area contributed by atoms with Gasteiger partial charge in [0.25, 0.3) is 0 Å². The predicted octanol–water partition coefficient (Wildman–Crippen LogP) is 2.16. The molecule has 0 heterocycles. The summed E-state index contributed by atoms with van der Waals surface area (Å²) in [5.41, 5.74) is 0.743. The standard InChI is InChI=1S/C17H19FN2O3/c1-20(2)16(13-5-3-4-6-14(13)18)17(23)19-10-11-7-8-12(21)9-15(11)22/h3-9,16,21-22H,10H2,1-2H3,(H,19,23)/t16-/m0/s1. The Hall–Kier alpha value is -2.60. The van der Waals surface area contributed by atoms with Crippen LogP contribution in [0.25, 0.3) is 0 Å². The van der Waals surface area contributed by atoms with Crippen molar-refractivity contribution in [2.75, 3.05) is 14.1 Å². The van der Waals surface area contributed by atoms with Gasteiger partial charge in [0.1, 0.15) is 23.4 Å². The highest BCUT2D eigenvalue weighted by molar-refractivity contribution is 5.83. The molecule has 23 heavy (non-hydrogen) atoms. The normalized spacial score (nSPS) is 12.2. The van der Waals surface area contributed by atoms with Crippen LogP contribution in [0.3, 0.4) is 0 Å². The molecule has 0 saturated carbocycles. The summed E-state index contributed by atoms with van der Waals surface area (Å²) in [5, 5.41) is 21.7. The lowest BCUT2D eigenvalue weighted by Crippen LogP contribution is -2.37. The summed E-state index contributed by atoms with van der Waals surface area (Å²) in [6, 6.07) is 9.46. The van der Waals surface area contributed by atoms with Gasteiger partial charge in [-0.3, -0.25) is 9.69 Å². The van der Waals surface area contributed by atoms with Crippen LogP contribution in [-0.2, 0) is 11.3 Å². The summed E-state index contributed by atoms with van der Waals surface area (Å²) in [5.74, 6) is -1.01. The molecule has 0 aromatic heterocycles. The number of nitrogens with zero attached hydrogens (tertiary/aromatic N) is 1. The van der Waals surface area contributed by atoms with Crippen molar-refractivity contribution in [3.05, 3.63) is 59.4 Å². The Morgan fingerprint density at radius 1 is 1.22 bits per heavy atom. The molecule has 1 atom stereocenters. The molecule has 0 fully saturated rings. The van der Waals surface area contributed by atoms with E-state index in [0.29, 0.717) is 5.56 Å². The van der Waals surface area contributed by atoms with Gasteiger partial charge in [-0.15, -0.1) is 0 Å². The largest absolute Gasteiger partial charge is 0.508 e. The second kappa shape index (κ2) is 7.11. The Morgan fingerprint density at radius 2 is 1.91 bits per heavy atom. The monoisotopic (exact) mass is 318 g/mol. The van der Waals surface area contributed by atoms with Crippen LogP contribution in [0, 0.1) is 5.82 Å². The van der Waals surface area contributed by atoms with E-state index in [4.69, 9.17) is 0 Å². The number of halogens is 1. The fourth-order valence-electron chi connectivity index (χ4n) is 2.33. The van der Waals surface area contributed by atoms with E-state index >= 15 is 0 Å². The number of likely N-dealkylation sites (N-methyl/N-ethyl adjacent to an activating group) is 1. The number of hydrogen-bond donors (Lipinski definition) is 3. The quantitative estimate of drug-likeness (QED) is 0.790. The molecule has 122 valence electrons. The molecule has 0 spiro atoms. The number of aromatic hydroxyl groups is 2. The van der Waals surface area contributed by atoms with Crippen molar-refractivity contribution in [2.24, 2.45) is 0 Å². The Labute approximate surface area is 134 Å². The number of hydrogen-bond acceptors (Lipinski definition) is 4. The second-order valence-corrected chi connectivity index (χ2v) is 5.42. The molecule has 2 aromatic carbocycles. The molecule has 0 radical (unpaired) electrons. The number of rotatable bonds is 5. The van der Waals surface area contributed by atoms with Gasteiger partial charge in [-0.05, 0) is 32.3 Å². The first-order valence-corrected chi connectivity index (χ1v) is 7.09. The summed E-state index contributed by atoms with van der Waals surface area (Å²) in [6.07, 6.45) is 0. The van der Waals surface area contributed by atoms with Gasteiger partial charge in [0.2, 0.25) is 5.91 Å². The summed E-state index contributed by atoms with van der Waals surface area (Å²) < 4.78 is 14.0. The molecule has 0 saturated heterocycles. The molecular weight excluding hydrogens is 299 g/mol. The third kappa shape index (κ3) is 3.98. The first-order valence-electron chi connectivity index (χ1n) is 7.09. The average molecular weight is 318 g/mol. The molecule has 0 aliphatic heterocycles. The molecule has 0 aliphatic rings. The van der Waals surface area contributed by atoms with Crippen LogP contribution in [0.1, 0.15) is 17.2 Å². The fourth-order valence-corrected chi connectivity index (χ4v) is 2.33. The average Bonchev–Trinajstić information content (AvgIpc) is 2.48. The van der Waals surface area contributed by atoms with Gasteiger partial charge in [0, 0.05) is 23.7 Å². The molecule has 0 aliphatic carbocycles. The Kier molecular flexibility index (Phi) is 5.18. The van der Waals surface area contributed by atoms with E-state index in [1.165, 1.54) is 24.3 Å². The summed E-state index contributed by atoms with van der Waals surface area (Å²) >= 11 is 0. The van der Waals surface area contributed by atoms with Crippen LogP contribution < -0.4 is 5.32 Å². The molecule has 5 nitrogen and oxygen atoms in total. The minimum Gasteiger partial charge on any atom is -0.508 e. The minimum atomic E-state index is -0.782. The smallest absolute Gasteiger partial charge is 0.242 e. The van der Waals surface area contributed by atoms with E-state index in [-0.39, 0.29) is 29.5 Å². The predicted molar refractivity (Wildman–Crippen MR) is 84.4 cm³/mol. The summed E-state index contributed by atoms with van der Waals surface area (Å²) in [7, 11) is 3.38. The Morgan fingerprint density at radius 3 is 2.52 bits per heavy atom. The van der Waals surface area contributed by atoms with Crippen molar-refractivity contribution >= 4 is 5.91 Å². The number of phenols is 2. The number of amides is 1.